The van der Waals surface area contributed by atoms with Crippen LogP contribution in [0.3, 0.4) is 0 Å². The molecule has 0 aromatic heterocycles. The van der Waals surface area contributed by atoms with Crippen LogP contribution in [-0.4, -0.2) is 92.1 Å². The van der Waals surface area contributed by atoms with Crippen LogP contribution in [0.4, 0.5) is 4.79 Å². The van der Waals surface area contributed by atoms with Gasteiger partial charge >= 0.3 is 19.2 Å². The van der Waals surface area contributed by atoms with E-state index in [-0.39, 0.29) is 17.4 Å². The second-order valence-corrected chi connectivity index (χ2v) is 18.0. The van der Waals surface area contributed by atoms with E-state index in [9.17, 15) is 14.4 Å². The summed E-state index contributed by atoms with van der Waals surface area (Å²) in [7, 11) is 0.919. The molecule has 2 heterocycles. The number of alkyl carbamates (subject to hydrolysis) is 1. The molecule has 51 heavy (non-hydrogen) atoms. The Morgan fingerprint density at radius 3 is 2.33 bits per heavy atom. The van der Waals surface area contributed by atoms with E-state index in [1.54, 1.807) is 13.2 Å². The zero-order valence-electron chi connectivity index (χ0n) is 32.7. The van der Waals surface area contributed by atoms with E-state index < -0.39 is 41.9 Å². The lowest BCUT2D eigenvalue weighted by molar-refractivity contribution is -0.199. The highest BCUT2D eigenvalue weighted by Gasteiger charge is 2.68. The number of esters is 1. The third-order valence-electron chi connectivity index (χ3n) is 11.6. The van der Waals surface area contributed by atoms with Gasteiger partial charge in [-0.3, -0.25) is 4.79 Å². The van der Waals surface area contributed by atoms with Crippen LogP contribution in [0.15, 0.2) is 18.2 Å². The van der Waals surface area contributed by atoms with Gasteiger partial charge in [-0.25, -0.2) is 9.59 Å². The summed E-state index contributed by atoms with van der Waals surface area (Å²) in [4.78, 5) is 41.2. The molecular weight excluding hydrogens is 649 g/mol. The van der Waals surface area contributed by atoms with Crippen LogP contribution in [0, 0.1) is 23.2 Å². The van der Waals surface area contributed by atoms with Crippen molar-refractivity contribution in [2.45, 2.75) is 136 Å². The molecule has 1 aromatic carbocycles. The Labute approximate surface area is 305 Å². The van der Waals surface area contributed by atoms with E-state index in [1.165, 1.54) is 0 Å². The van der Waals surface area contributed by atoms with Crippen molar-refractivity contribution in [1.82, 2.24) is 15.5 Å². The molecule has 1 aromatic rings. The number of nitrogens with one attached hydrogen (secondary N) is 2. The molecule has 2 amide bonds. The Balaban J connectivity index is 1.21. The molecule has 2 aliphatic heterocycles. The van der Waals surface area contributed by atoms with Crippen molar-refractivity contribution in [3.05, 3.63) is 29.3 Å². The number of methoxy groups -OCH3 is 1. The Bertz CT molecular complexity index is 1420. The van der Waals surface area contributed by atoms with E-state index >= 15 is 0 Å². The quantitative estimate of drug-likeness (QED) is 0.200. The number of para-hydroxylation sites is 1. The molecule has 5 unspecified atom stereocenters. The summed E-state index contributed by atoms with van der Waals surface area (Å²) in [5.74, 6) is 0.897. The lowest BCUT2D eigenvalue weighted by Crippen LogP contribution is -2.65. The van der Waals surface area contributed by atoms with Gasteiger partial charge in [0, 0.05) is 19.5 Å². The number of nitrogens with zero attached hydrogens (tertiary/aromatic N) is 1. The molecule has 2 bridgehead atoms. The number of hydrogen-bond donors (Lipinski definition) is 2. The van der Waals surface area contributed by atoms with Gasteiger partial charge in [-0.05, 0) is 135 Å². The average Bonchev–Trinajstić information content (AvgIpc) is 3.39. The highest BCUT2D eigenvalue weighted by molar-refractivity contribution is 6.48. The fraction of sp³-hybridized carbons (Fsp3) is 0.769. The predicted octanol–water partition coefficient (Wildman–Crippen LogP) is 5.96. The maximum atomic E-state index is 13.7. The van der Waals surface area contributed by atoms with Crippen LogP contribution in [0.5, 0.6) is 5.75 Å². The zero-order chi connectivity index (χ0) is 37.4. The van der Waals surface area contributed by atoms with E-state index in [2.05, 4.69) is 36.3 Å². The van der Waals surface area contributed by atoms with Crippen molar-refractivity contribution < 1.29 is 37.9 Å². The molecule has 3 aliphatic carbocycles. The maximum absolute atomic E-state index is 13.7. The van der Waals surface area contributed by atoms with Gasteiger partial charge in [0.25, 0.3) is 0 Å². The molecule has 11 nitrogen and oxygen atoms in total. The second kappa shape index (κ2) is 15.3. The SMILES string of the molecule is COc1c(CC(NC(=O)CCC2CCN(CCNC(=O)OC(C)(C)C)CC2)B2OC3CC4CC(C4(C)C)C3(C)O2)cccc1C(=O)OC(C)(C)C. The van der Waals surface area contributed by atoms with E-state index in [0.717, 1.165) is 57.3 Å². The Morgan fingerprint density at radius 1 is 1.02 bits per heavy atom. The molecule has 0 spiro atoms. The van der Waals surface area contributed by atoms with Crippen LogP contribution in [0.25, 0.3) is 0 Å². The van der Waals surface area contributed by atoms with E-state index in [1.807, 2.05) is 53.7 Å². The molecule has 2 saturated heterocycles. The standard InChI is InChI=1S/C39H62BN3O8/c1-36(2,3)48-34(45)28-13-11-12-26(33(28)47-10)22-31(40-50-30-24-27-23-29(38(27,7)8)39(30,9)51-40)42-32(44)15-14-25-16-19-43(20-17-25)21-18-41-35(46)49-37(4,5)6/h11-13,25,27,29-31H,14-24H2,1-10H3,(H,41,46)(H,42,44). The molecule has 5 fully saturated rings. The normalized spacial score (nSPS) is 26.8. The lowest BCUT2D eigenvalue weighted by atomic mass is 9.43. The lowest BCUT2D eigenvalue weighted by Gasteiger charge is -2.64. The number of rotatable bonds is 12. The molecule has 6 rings (SSSR count). The van der Waals surface area contributed by atoms with Crippen LogP contribution < -0.4 is 15.4 Å². The number of carbonyl (C=O) groups excluding carboxylic acids is 3. The molecule has 12 heteroatoms. The Kier molecular flexibility index (Phi) is 11.8. The maximum Gasteiger partial charge on any atom is 0.482 e. The van der Waals surface area contributed by atoms with Gasteiger partial charge in [0.05, 0.1) is 24.8 Å². The average molecular weight is 712 g/mol. The van der Waals surface area contributed by atoms with Crippen molar-refractivity contribution in [1.29, 1.82) is 0 Å². The molecule has 3 saturated carbocycles. The fourth-order valence-corrected chi connectivity index (χ4v) is 8.75. The largest absolute Gasteiger partial charge is 0.496 e. The smallest absolute Gasteiger partial charge is 0.482 e. The summed E-state index contributed by atoms with van der Waals surface area (Å²) in [6, 6.07) is 5.46. The predicted molar refractivity (Wildman–Crippen MR) is 197 cm³/mol. The number of hydrogen-bond acceptors (Lipinski definition) is 9. The van der Waals surface area contributed by atoms with Gasteiger partial charge in [0.1, 0.15) is 22.5 Å². The number of likely N-dealkylation sites (tertiary alicyclic amines) is 1. The van der Waals surface area contributed by atoms with Gasteiger partial charge in [0.15, 0.2) is 0 Å². The minimum Gasteiger partial charge on any atom is -0.496 e. The summed E-state index contributed by atoms with van der Waals surface area (Å²) in [6.07, 6.45) is 5.24. The number of ether oxygens (including phenoxy) is 3. The van der Waals surface area contributed by atoms with Crippen molar-refractivity contribution in [2.24, 2.45) is 23.2 Å². The van der Waals surface area contributed by atoms with Gasteiger partial charge in [-0.1, -0.05) is 26.0 Å². The van der Waals surface area contributed by atoms with Crippen LogP contribution >= 0.6 is 0 Å². The highest BCUT2D eigenvalue weighted by Crippen LogP contribution is 2.65. The first-order valence-corrected chi connectivity index (χ1v) is 19.0. The summed E-state index contributed by atoms with van der Waals surface area (Å²) in [5, 5.41) is 6.14. The first kappa shape index (κ1) is 39.4. The van der Waals surface area contributed by atoms with E-state index in [0.29, 0.717) is 48.5 Å². The first-order chi connectivity index (χ1) is 23.8. The molecule has 0 radical (unpaired) electrons. The monoisotopic (exact) mass is 711 g/mol. The summed E-state index contributed by atoms with van der Waals surface area (Å²) < 4.78 is 30.4. The van der Waals surface area contributed by atoms with Crippen molar-refractivity contribution in [3.63, 3.8) is 0 Å². The minimum absolute atomic E-state index is 0.0295. The number of piperidine rings is 1. The summed E-state index contributed by atoms with van der Waals surface area (Å²) >= 11 is 0. The van der Waals surface area contributed by atoms with Crippen molar-refractivity contribution >= 4 is 25.1 Å². The highest BCUT2D eigenvalue weighted by atomic mass is 16.7. The fourth-order valence-electron chi connectivity index (χ4n) is 8.75. The first-order valence-electron chi connectivity index (χ1n) is 19.0. The number of benzene rings is 1. The second-order valence-electron chi connectivity index (χ2n) is 18.0. The molecule has 5 atom stereocenters. The topological polar surface area (TPSA) is 125 Å². The Morgan fingerprint density at radius 2 is 1.71 bits per heavy atom. The molecule has 284 valence electrons. The minimum atomic E-state index is -0.657. The summed E-state index contributed by atoms with van der Waals surface area (Å²) in [5.41, 5.74) is -0.285. The van der Waals surface area contributed by atoms with Gasteiger partial charge < -0.3 is 39.1 Å². The zero-order valence-corrected chi connectivity index (χ0v) is 32.7. The van der Waals surface area contributed by atoms with Crippen molar-refractivity contribution in [2.75, 3.05) is 33.3 Å². The van der Waals surface area contributed by atoms with Gasteiger partial charge in [-0.2, -0.15) is 0 Å². The third-order valence-corrected chi connectivity index (χ3v) is 11.6. The number of carbonyl (C=O) groups is 3. The number of amides is 2. The van der Waals surface area contributed by atoms with Crippen LogP contribution in [0.2, 0.25) is 0 Å². The van der Waals surface area contributed by atoms with Crippen LogP contribution in [-0.2, 0) is 30.0 Å². The third kappa shape index (κ3) is 9.41. The van der Waals surface area contributed by atoms with Gasteiger partial charge in [-0.15, -0.1) is 0 Å². The van der Waals surface area contributed by atoms with E-state index in [4.69, 9.17) is 23.5 Å². The molecule has 5 aliphatic rings. The van der Waals surface area contributed by atoms with Gasteiger partial charge in [0.2, 0.25) is 5.91 Å². The van der Waals surface area contributed by atoms with Crippen LogP contribution in [0.1, 0.15) is 117 Å². The van der Waals surface area contributed by atoms with Crippen molar-refractivity contribution in [3.8, 4) is 5.75 Å². The molecule has 2 N–H and O–H groups in total. The summed E-state index contributed by atoms with van der Waals surface area (Å²) in [6.45, 7) is 21.1. The molecular formula is C39H62BN3O8. The Hall–Kier alpha value is -2.83.